The van der Waals surface area contributed by atoms with E-state index in [1.807, 2.05) is 0 Å². The van der Waals surface area contributed by atoms with E-state index >= 15 is 0 Å². The lowest BCUT2D eigenvalue weighted by atomic mass is 10.1. The Hall–Kier alpha value is -2.01. The molecule has 19 heavy (non-hydrogen) atoms. The number of allylic oxidation sites excluding steroid dienone is 1. The summed E-state index contributed by atoms with van der Waals surface area (Å²) in [7, 11) is 0. The summed E-state index contributed by atoms with van der Waals surface area (Å²) in [5.41, 5.74) is 0.184. The molecule has 0 fully saturated rings. The molecule has 5 nitrogen and oxygen atoms in total. The third-order valence-corrected chi connectivity index (χ3v) is 2.79. The van der Waals surface area contributed by atoms with Crippen LogP contribution in [0.25, 0.3) is 0 Å². The summed E-state index contributed by atoms with van der Waals surface area (Å²) in [6.07, 6.45) is 2.46. The second-order valence-corrected chi connectivity index (χ2v) is 4.27. The number of ether oxygens (including phenoxy) is 2. The fourth-order valence-electron chi connectivity index (χ4n) is 1.61. The molecule has 0 saturated heterocycles. The Labute approximate surface area is 114 Å². The van der Waals surface area contributed by atoms with Crippen molar-refractivity contribution in [1.29, 1.82) is 0 Å². The zero-order valence-electron chi connectivity index (χ0n) is 9.89. The number of carboxylic acids is 1. The molecule has 1 aliphatic heterocycles. The van der Waals surface area contributed by atoms with Crippen molar-refractivity contribution in [2.45, 2.75) is 6.42 Å². The number of rotatable bonds is 3. The maximum Gasteiger partial charge on any atom is 0.328 e. The molecule has 0 bridgehead atoms. The topological polar surface area (TPSA) is 72.8 Å². The van der Waals surface area contributed by atoms with Gasteiger partial charge in [0.15, 0.2) is 17.3 Å². The van der Waals surface area contributed by atoms with E-state index in [4.69, 9.17) is 26.2 Å². The van der Waals surface area contributed by atoms with Gasteiger partial charge >= 0.3 is 5.97 Å². The van der Waals surface area contributed by atoms with E-state index in [-0.39, 0.29) is 10.6 Å². The normalized spacial score (nSPS) is 14.2. The summed E-state index contributed by atoms with van der Waals surface area (Å²) in [5.74, 6) is -0.767. The molecule has 0 spiro atoms. The van der Waals surface area contributed by atoms with Gasteiger partial charge in [0.25, 0.3) is 0 Å². The molecule has 1 aromatic carbocycles. The van der Waals surface area contributed by atoms with Crippen molar-refractivity contribution in [1.82, 2.24) is 0 Å². The Bertz CT molecular complexity index is 550. The molecule has 0 atom stereocenters. The summed E-state index contributed by atoms with van der Waals surface area (Å²) in [6.45, 7) is 1.02. The number of halogens is 1. The minimum absolute atomic E-state index is 0.184. The molecule has 1 N–H and O–H groups in total. The highest BCUT2D eigenvalue weighted by Gasteiger charge is 2.17. The largest absolute Gasteiger partial charge is 0.490 e. The van der Waals surface area contributed by atoms with Crippen LogP contribution in [0.5, 0.6) is 11.5 Å². The molecule has 1 aromatic rings. The van der Waals surface area contributed by atoms with E-state index in [0.717, 1.165) is 18.6 Å². The van der Waals surface area contributed by atoms with Crippen LogP contribution in [0.4, 0.5) is 0 Å². The lowest BCUT2D eigenvalue weighted by Crippen LogP contribution is -2.00. The van der Waals surface area contributed by atoms with Crippen LogP contribution in [0, 0.1) is 0 Å². The van der Waals surface area contributed by atoms with Crippen molar-refractivity contribution in [3.8, 4) is 11.5 Å². The van der Waals surface area contributed by atoms with Crippen LogP contribution in [0.2, 0.25) is 5.02 Å². The van der Waals surface area contributed by atoms with Gasteiger partial charge in [0.2, 0.25) is 0 Å². The highest BCUT2D eigenvalue weighted by Crippen LogP contribution is 2.35. The fourth-order valence-corrected chi connectivity index (χ4v) is 1.86. The van der Waals surface area contributed by atoms with Gasteiger partial charge in [0.05, 0.1) is 18.2 Å². The van der Waals surface area contributed by atoms with Gasteiger partial charge in [-0.1, -0.05) is 11.6 Å². The molecular weight excluding hydrogens is 272 g/mol. The van der Waals surface area contributed by atoms with E-state index in [1.54, 1.807) is 0 Å². The fraction of sp³-hybridized carbons (Fsp3) is 0.231. The Morgan fingerprint density at radius 3 is 2.42 bits per heavy atom. The Balaban J connectivity index is 2.33. The second kappa shape index (κ2) is 5.75. The highest BCUT2D eigenvalue weighted by molar-refractivity contribution is 6.35. The van der Waals surface area contributed by atoms with Crippen LogP contribution in [0.15, 0.2) is 24.3 Å². The average molecular weight is 283 g/mol. The van der Waals surface area contributed by atoms with Crippen LogP contribution in [0.3, 0.4) is 0 Å². The number of carbonyl (C=O) groups is 2. The zero-order valence-corrected chi connectivity index (χ0v) is 10.6. The molecule has 0 aliphatic carbocycles. The van der Waals surface area contributed by atoms with Crippen molar-refractivity contribution in [3.63, 3.8) is 0 Å². The van der Waals surface area contributed by atoms with Crippen molar-refractivity contribution in [2.75, 3.05) is 13.2 Å². The molecule has 0 amide bonds. The van der Waals surface area contributed by atoms with Crippen molar-refractivity contribution in [2.24, 2.45) is 0 Å². The van der Waals surface area contributed by atoms with Gasteiger partial charge in [-0.05, 0) is 12.1 Å². The van der Waals surface area contributed by atoms with E-state index < -0.39 is 11.8 Å². The lowest BCUT2D eigenvalue weighted by molar-refractivity contribution is -0.131. The molecule has 1 heterocycles. The number of benzene rings is 1. The summed E-state index contributed by atoms with van der Waals surface area (Å²) in [4.78, 5) is 22.2. The van der Waals surface area contributed by atoms with Gasteiger partial charge in [-0.15, -0.1) is 0 Å². The van der Waals surface area contributed by atoms with Crippen molar-refractivity contribution in [3.05, 3.63) is 34.9 Å². The van der Waals surface area contributed by atoms with Crippen LogP contribution >= 0.6 is 11.6 Å². The highest BCUT2D eigenvalue weighted by atomic mass is 35.5. The summed E-state index contributed by atoms with van der Waals surface area (Å²) >= 11 is 5.99. The van der Waals surface area contributed by atoms with Crippen LogP contribution in [-0.4, -0.2) is 30.1 Å². The van der Waals surface area contributed by atoms with Crippen molar-refractivity contribution >= 4 is 23.4 Å². The van der Waals surface area contributed by atoms with Gasteiger partial charge in [-0.3, -0.25) is 4.79 Å². The predicted octanol–water partition coefficient (Wildman–Crippen LogP) is 2.32. The Morgan fingerprint density at radius 2 is 1.79 bits per heavy atom. The molecule has 0 saturated carbocycles. The Morgan fingerprint density at radius 1 is 1.16 bits per heavy atom. The molecule has 100 valence electrons. The average Bonchev–Trinajstić information content (AvgIpc) is 2.59. The first kappa shape index (κ1) is 13.4. The van der Waals surface area contributed by atoms with Gasteiger partial charge in [0, 0.05) is 24.1 Å². The van der Waals surface area contributed by atoms with E-state index in [1.165, 1.54) is 12.1 Å². The van der Waals surface area contributed by atoms with Crippen LogP contribution < -0.4 is 9.47 Å². The minimum atomic E-state index is -1.20. The summed E-state index contributed by atoms with van der Waals surface area (Å²) < 4.78 is 10.9. The second-order valence-electron chi connectivity index (χ2n) is 3.87. The molecule has 0 aromatic heterocycles. The number of ketones is 1. The summed E-state index contributed by atoms with van der Waals surface area (Å²) in [6, 6.07) is 2.97. The number of fused-ring (bicyclic) bond motifs is 1. The van der Waals surface area contributed by atoms with Gasteiger partial charge in [-0.25, -0.2) is 4.79 Å². The standard InChI is InChI=1S/C13H11ClO5/c14-9-7-12-11(18-4-1-5-19-12)6-8(9)10(15)2-3-13(16)17/h2-3,6-7H,1,4-5H2,(H,16,17). The maximum atomic E-state index is 11.8. The minimum Gasteiger partial charge on any atom is -0.490 e. The first-order chi connectivity index (χ1) is 9.08. The smallest absolute Gasteiger partial charge is 0.328 e. The predicted molar refractivity (Wildman–Crippen MR) is 68.2 cm³/mol. The molecule has 2 rings (SSSR count). The summed E-state index contributed by atoms with van der Waals surface area (Å²) in [5, 5.41) is 8.69. The number of carbonyl (C=O) groups excluding carboxylic acids is 1. The SMILES string of the molecule is O=C(O)C=CC(=O)c1cc2c(cc1Cl)OCCCO2. The quantitative estimate of drug-likeness (QED) is 0.680. The first-order valence-electron chi connectivity index (χ1n) is 5.62. The third kappa shape index (κ3) is 3.26. The molecule has 0 unspecified atom stereocenters. The van der Waals surface area contributed by atoms with E-state index in [2.05, 4.69) is 0 Å². The van der Waals surface area contributed by atoms with Crippen LogP contribution in [-0.2, 0) is 4.79 Å². The van der Waals surface area contributed by atoms with E-state index in [9.17, 15) is 9.59 Å². The lowest BCUT2D eigenvalue weighted by Gasteiger charge is -2.09. The molecule has 1 aliphatic rings. The van der Waals surface area contributed by atoms with Gasteiger partial charge in [0.1, 0.15) is 0 Å². The number of hydrogen-bond acceptors (Lipinski definition) is 4. The van der Waals surface area contributed by atoms with Crippen LogP contribution in [0.1, 0.15) is 16.8 Å². The van der Waals surface area contributed by atoms with Gasteiger partial charge < -0.3 is 14.6 Å². The number of hydrogen-bond donors (Lipinski definition) is 1. The van der Waals surface area contributed by atoms with Crippen molar-refractivity contribution < 1.29 is 24.2 Å². The van der Waals surface area contributed by atoms with Gasteiger partial charge in [-0.2, -0.15) is 0 Å². The molecule has 0 radical (unpaired) electrons. The van der Waals surface area contributed by atoms with E-state index in [0.29, 0.717) is 24.7 Å². The zero-order chi connectivity index (χ0) is 13.8. The maximum absolute atomic E-state index is 11.8. The number of aliphatic carboxylic acids is 1. The molecular formula is C13H11ClO5. The number of carboxylic acid groups (broad SMARTS) is 1. The molecule has 6 heteroatoms. The monoisotopic (exact) mass is 282 g/mol. The Kier molecular flexibility index (Phi) is 4.06. The third-order valence-electron chi connectivity index (χ3n) is 2.48. The first-order valence-corrected chi connectivity index (χ1v) is 6.00.